The van der Waals surface area contributed by atoms with Gasteiger partial charge in [-0.2, -0.15) is 0 Å². The lowest BCUT2D eigenvalue weighted by atomic mass is 10.2. The molecular formula is C13H15NO5S. The topological polar surface area (TPSA) is 92.7 Å². The normalized spacial score (nSPS) is 10.8. The van der Waals surface area contributed by atoms with E-state index in [0.29, 0.717) is 12.8 Å². The molecule has 0 aliphatic rings. The Morgan fingerprint density at radius 2 is 2.20 bits per heavy atom. The van der Waals surface area contributed by atoms with E-state index < -0.39 is 16.0 Å². The first-order valence-electron chi connectivity index (χ1n) is 5.77. The monoisotopic (exact) mass is 297 g/mol. The zero-order chi connectivity index (χ0) is 15.2. The van der Waals surface area contributed by atoms with E-state index in [-0.39, 0.29) is 22.8 Å². The molecule has 0 atom stereocenters. The number of sulfonamides is 1. The van der Waals surface area contributed by atoms with E-state index in [1.54, 1.807) is 0 Å². The van der Waals surface area contributed by atoms with Crippen molar-refractivity contribution in [1.29, 1.82) is 0 Å². The molecule has 0 amide bonds. The molecule has 0 fully saturated rings. The summed E-state index contributed by atoms with van der Waals surface area (Å²) in [6.45, 7) is 0.195. The van der Waals surface area contributed by atoms with Crippen molar-refractivity contribution in [2.45, 2.75) is 17.7 Å². The molecule has 1 aromatic carbocycles. The number of carbonyl (C=O) groups is 1. The number of terminal acetylenes is 1. The third-order valence-corrected chi connectivity index (χ3v) is 3.96. The lowest BCUT2D eigenvalue weighted by molar-refractivity contribution is 0.0693. The Kier molecular flexibility index (Phi) is 5.55. The predicted molar refractivity (Wildman–Crippen MR) is 73.2 cm³/mol. The standard InChI is InChI=1S/C13H15NO5S/c1-3-4-5-8-14-20(17,18)10-6-7-12(19-2)11(9-10)13(15)16/h1,6-7,9,14H,4-5,8H2,2H3,(H,15,16). The van der Waals surface area contributed by atoms with E-state index in [4.69, 9.17) is 16.3 Å². The fourth-order valence-electron chi connectivity index (χ4n) is 1.50. The van der Waals surface area contributed by atoms with Crippen LogP contribution in [-0.4, -0.2) is 33.1 Å². The van der Waals surface area contributed by atoms with Crippen LogP contribution in [0.1, 0.15) is 23.2 Å². The lowest BCUT2D eigenvalue weighted by Crippen LogP contribution is -2.25. The third kappa shape index (κ3) is 3.98. The van der Waals surface area contributed by atoms with Crippen LogP contribution in [0.25, 0.3) is 0 Å². The van der Waals surface area contributed by atoms with Crippen LogP contribution >= 0.6 is 0 Å². The Morgan fingerprint density at radius 3 is 2.75 bits per heavy atom. The summed E-state index contributed by atoms with van der Waals surface area (Å²) in [6.07, 6.45) is 6.04. The third-order valence-electron chi connectivity index (χ3n) is 2.50. The summed E-state index contributed by atoms with van der Waals surface area (Å²) >= 11 is 0. The van der Waals surface area contributed by atoms with Crippen LogP contribution in [0.2, 0.25) is 0 Å². The van der Waals surface area contributed by atoms with Crippen LogP contribution in [0.4, 0.5) is 0 Å². The van der Waals surface area contributed by atoms with Gasteiger partial charge in [0.1, 0.15) is 11.3 Å². The molecule has 0 heterocycles. The van der Waals surface area contributed by atoms with E-state index in [1.807, 2.05) is 0 Å². The molecule has 0 aliphatic heterocycles. The second-order valence-corrected chi connectivity index (χ2v) is 5.64. The summed E-state index contributed by atoms with van der Waals surface area (Å²) < 4.78 is 31.2. The van der Waals surface area contributed by atoms with Crippen molar-refractivity contribution in [3.05, 3.63) is 23.8 Å². The highest BCUT2D eigenvalue weighted by molar-refractivity contribution is 7.89. The van der Waals surface area contributed by atoms with E-state index in [9.17, 15) is 13.2 Å². The van der Waals surface area contributed by atoms with Crippen molar-refractivity contribution in [2.24, 2.45) is 0 Å². The van der Waals surface area contributed by atoms with Crippen LogP contribution in [0.3, 0.4) is 0 Å². The summed E-state index contributed by atoms with van der Waals surface area (Å²) in [5.41, 5.74) is -0.209. The zero-order valence-corrected chi connectivity index (χ0v) is 11.7. The molecule has 1 aromatic rings. The second-order valence-electron chi connectivity index (χ2n) is 3.87. The maximum atomic E-state index is 12.0. The number of unbranched alkanes of at least 4 members (excludes halogenated alkanes) is 1. The summed E-state index contributed by atoms with van der Waals surface area (Å²) in [6, 6.07) is 3.65. The van der Waals surface area contributed by atoms with Gasteiger partial charge in [0.15, 0.2) is 0 Å². The van der Waals surface area contributed by atoms with Crippen molar-refractivity contribution in [3.63, 3.8) is 0 Å². The van der Waals surface area contributed by atoms with Gasteiger partial charge >= 0.3 is 5.97 Å². The number of ether oxygens (including phenoxy) is 1. The largest absolute Gasteiger partial charge is 0.496 e. The van der Waals surface area contributed by atoms with Crippen molar-refractivity contribution in [3.8, 4) is 18.1 Å². The molecule has 0 saturated carbocycles. The summed E-state index contributed by atoms with van der Waals surface area (Å²) in [5, 5.41) is 9.02. The summed E-state index contributed by atoms with van der Waals surface area (Å²) in [5.74, 6) is 1.25. The Hall–Kier alpha value is -2.04. The SMILES string of the molecule is C#CCCCNS(=O)(=O)c1ccc(OC)c(C(=O)O)c1. The molecule has 0 saturated heterocycles. The molecule has 2 N–H and O–H groups in total. The molecule has 0 radical (unpaired) electrons. The van der Waals surface area contributed by atoms with Gasteiger partial charge in [0.2, 0.25) is 10.0 Å². The number of carboxylic acids is 1. The van der Waals surface area contributed by atoms with E-state index in [1.165, 1.54) is 19.2 Å². The average Bonchev–Trinajstić information content (AvgIpc) is 2.42. The van der Waals surface area contributed by atoms with Crippen molar-refractivity contribution in [2.75, 3.05) is 13.7 Å². The highest BCUT2D eigenvalue weighted by Crippen LogP contribution is 2.22. The maximum Gasteiger partial charge on any atom is 0.339 e. The Balaban J connectivity index is 2.99. The Morgan fingerprint density at radius 1 is 1.50 bits per heavy atom. The van der Waals surface area contributed by atoms with Gasteiger partial charge in [-0.25, -0.2) is 17.9 Å². The van der Waals surface area contributed by atoms with Crippen LogP contribution in [0, 0.1) is 12.3 Å². The molecule has 0 aromatic heterocycles. The number of carboxylic acid groups (broad SMARTS) is 1. The molecule has 6 nitrogen and oxygen atoms in total. The van der Waals surface area contributed by atoms with E-state index in [0.717, 1.165) is 6.07 Å². The lowest BCUT2D eigenvalue weighted by Gasteiger charge is -2.09. The number of hydrogen-bond acceptors (Lipinski definition) is 4. The fourth-order valence-corrected chi connectivity index (χ4v) is 2.60. The zero-order valence-electron chi connectivity index (χ0n) is 10.9. The van der Waals surface area contributed by atoms with Gasteiger partial charge in [0.05, 0.1) is 12.0 Å². The minimum absolute atomic E-state index is 0.101. The number of rotatable bonds is 7. The van der Waals surface area contributed by atoms with Crippen LogP contribution in [0.5, 0.6) is 5.75 Å². The van der Waals surface area contributed by atoms with Gasteiger partial charge in [0, 0.05) is 13.0 Å². The van der Waals surface area contributed by atoms with Crippen molar-refractivity contribution < 1.29 is 23.1 Å². The maximum absolute atomic E-state index is 12.0. The van der Waals surface area contributed by atoms with Crippen molar-refractivity contribution >= 4 is 16.0 Å². The van der Waals surface area contributed by atoms with Gasteiger partial charge in [0.25, 0.3) is 0 Å². The number of aromatic carboxylic acids is 1. The fraction of sp³-hybridized carbons (Fsp3) is 0.308. The predicted octanol–water partition coefficient (Wildman–Crippen LogP) is 1.09. The van der Waals surface area contributed by atoms with Crippen LogP contribution < -0.4 is 9.46 Å². The van der Waals surface area contributed by atoms with Gasteiger partial charge < -0.3 is 9.84 Å². The van der Waals surface area contributed by atoms with Gasteiger partial charge in [-0.15, -0.1) is 12.3 Å². The molecule has 20 heavy (non-hydrogen) atoms. The summed E-state index contributed by atoms with van der Waals surface area (Å²) in [4.78, 5) is 10.9. The van der Waals surface area contributed by atoms with Gasteiger partial charge in [-0.3, -0.25) is 0 Å². The van der Waals surface area contributed by atoms with Crippen molar-refractivity contribution in [1.82, 2.24) is 4.72 Å². The van der Waals surface area contributed by atoms with Gasteiger partial charge in [-0.05, 0) is 24.6 Å². The van der Waals surface area contributed by atoms with Crippen LogP contribution in [0.15, 0.2) is 23.1 Å². The molecular weight excluding hydrogens is 282 g/mol. The quantitative estimate of drug-likeness (QED) is 0.580. The van der Waals surface area contributed by atoms with Gasteiger partial charge in [-0.1, -0.05) is 0 Å². The first-order valence-corrected chi connectivity index (χ1v) is 7.25. The van der Waals surface area contributed by atoms with E-state index in [2.05, 4.69) is 10.6 Å². The first kappa shape index (κ1) is 16.0. The molecule has 1 rings (SSSR count). The molecule has 0 unspecified atom stereocenters. The van der Waals surface area contributed by atoms with Crippen LogP contribution in [-0.2, 0) is 10.0 Å². The smallest absolute Gasteiger partial charge is 0.339 e. The number of benzene rings is 1. The first-order chi connectivity index (χ1) is 9.42. The van der Waals surface area contributed by atoms with E-state index >= 15 is 0 Å². The summed E-state index contributed by atoms with van der Waals surface area (Å²) in [7, 11) is -2.45. The minimum Gasteiger partial charge on any atom is -0.496 e. The molecule has 108 valence electrons. The number of nitrogens with one attached hydrogen (secondary N) is 1. The minimum atomic E-state index is -3.76. The highest BCUT2D eigenvalue weighted by atomic mass is 32.2. The Labute approximate surface area is 117 Å². The molecule has 7 heteroatoms. The number of methoxy groups -OCH3 is 1. The number of hydrogen-bond donors (Lipinski definition) is 2. The molecule has 0 bridgehead atoms. The average molecular weight is 297 g/mol. The molecule has 0 aliphatic carbocycles. The second kappa shape index (κ2) is 6.93. The molecule has 0 spiro atoms. The Bertz CT molecular complexity index is 631. The highest BCUT2D eigenvalue weighted by Gasteiger charge is 2.18.